The van der Waals surface area contributed by atoms with E-state index >= 15 is 0 Å². The van der Waals surface area contributed by atoms with Gasteiger partial charge in [-0.15, -0.1) is 0 Å². The Bertz CT molecular complexity index is 579. The van der Waals surface area contributed by atoms with E-state index in [4.69, 9.17) is 5.26 Å². The van der Waals surface area contributed by atoms with Crippen LogP contribution in [0.15, 0.2) is 36.4 Å². The van der Waals surface area contributed by atoms with Crippen LogP contribution in [0.1, 0.15) is 16.8 Å². The molecule has 0 radical (unpaired) electrons. The molecule has 0 unspecified atom stereocenters. The molecule has 2 heteroatoms. The zero-order chi connectivity index (χ0) is 10.3. The zero-order valence-corrected chi connectivity index (χ0v) is 8.07. The Labute approximate surface area is 87.8 Å². The Morgan fingerprint density at radius 3 is 2.80 bits per heavy atom. The van der Waals surface area contributed by atoms with E-state index in [1.165, 1.54) is 16.7 Å². The molecule has 15 heavy (non-hydrogen) atoms. The maximum Gasteiger partial charge on any atom is 0.141 e. The standard InChI is InChI=1S/C13H8N2/c14-8-11-6-5-10-7-9-3-1-2-4-12(9)13(10)15-11/h1-6H,7H2. The largest absolute Gasteiger partial charge is 0.237 e. The van der Waals surface area contributed by atoms with Gasteiger partial charge in [0.1, 0.15) is 11.8 Å². The SMILES string of the molecule is N#Cc1ccc2c(n1)-c1ccccc1C2. The summed E-state index contributed by atoms with van der Waals surface area (Å²) in [4.78, 5) is 4.35. The van der Waals surface area contributed by atoms with Crippen LogP contribution in [0.5, 0.6) is 0 Å². The summed E-state index contributed by atoms with van der Waals surface area (Å²) in [5.41, 5.74) is 5.16. The number of hydrogen-bond acceptors (Lipinski definition) is 2. The molecular formula is C13H8N2. The fraction of sp³-hybridized carbons (Fsp3) is 0.0769. The number of nitriles is 1. The van der Waals surface area contributed by atoms with Gasteiger partial charge >= 0.3 is 0 Å². The van der Waals surface area contributed by atoms with Gasteiger partial charge in [-0.25, -0.2) is 4.98 Å². The highest BCUT2D eigenvalue weighted by atomic mass is 14.7. The van der Waals surface area contributed by atoms with Crippen molar-refractivity contribution in [3.63, 3.8) is 0 Å². The minimum atomic E-state index is 0.491. The van der Waals surface area contributed by atoms with Crippen LogP contribution in [0.4, 0.5) is 0 Å². The van der Waals surface area contributed by atoms with E-state index in [1.54, 1.807) is 6.07 Å². The summed E-state index contributed by atoms with van der Waals surface area (Å²) >= 11 is 0. The van der Waals surface area contributed by atoms with Crippen LogP contribution in [0, 0.1) is 11.3 Å². The van der Waals surface area contributed by atoms with E-state index in [9.17, 15) is 0 Å². The Morgan fingerprint density at radius 1 is 1.07 bits per heavy atom. The van der Waals surface area contributed by atoms with E-state index < -0.39 is 0 Å². The molecule has 0 saturated carbocycles. The highest BCUT2D eigenvalue weighted by Gasteiger charge is 2.19. The molecule has 0 amide bonds. The molecule has 0 atom stereocenters. The van der Waals surface area contributed by atoms with Gasteiger partial charge in [0.2, 0.25) is 0 Å². The maximum absolute atomic E-state index is 8.80. The van der Waals surface area contributed by atoms with Crippen molar-refractivity contribution < 1.29 is 0 Å². The molecule has 1 aromatic carbocycles. The van der Waals surface area contributed by atoms with Crippen molar-refractivity contribution in [1.82, 2.24) is 4.98 Å². The van der Waals surface area contributed by atoms with Crippen LogP contribution in [0.25, 0.3) is 11.3 Å². The monoisotopic (exact) mass is 192 g/mol. The molecule has 0 aliphatic heterocycles. The van der Waals surface area contributed by atoms with E-state index in [0.29, 0.717) is 5.69 Å². The predicted octanol–water partition coefficient (Wildman–Crippen LogP) is 2.52. The lowest BCUT2D eigenvalue weighted by Crippen LogP contribution is -1.87. The first-order chi connectivity index (χ1) is 7.38. The number of rotatable bonds is 0. The highest BCUT2D eigenvalue weighted by Crippen LogP contribution is 2.34. The molecular weight excluding hydrogens is 184 g/mol. The van der Waals surface area contributed by atoms with Crippen molar-refractivity contribution in [2.45, 2.75) is 6.42 Å². The predicted molar refractivity (Wildman–Crippen MR) is 57.2 cm³/mol. The van der Waals surface area contributed by atoms with Gasteiger partial charge in [-0.05, 0) is 17.2 Å². The van der Waals surface area contributed by atoms with Crippen LogP contribution in [-0.2, 0) is 6.42 Å². The van der Waals surface area contributed by atoms with Crippen molar-refractivity contribution in [2.75, 3.05) is 0 Å². The second-order valence-electron chi connectivity index (χ2n) is 3.65. The lowest BCUT2D eigenvalue weighted by molar-refractivity contribution is 1.21. The van der Waals surface area contributed by atoms with Crippen molar-refractivity contribution in [3.05, 3.63) is 53.2 Å². The van der Waals surface area contributed by atoms with Crippen LogP contribution < -0.4 is 0 Å². The number of pyridine rings is 1. The average molecular weight is 192 g/mol. The molecule has 3 rings (SSSR count). The summed E-state index contributed by atoms with van der Waals surface area (Å²) in [5.74, 6) is 0. The van der Waals surface area contributed by atoms with Gasteiger partial charge in [0, 0.05) is 12.0 Å². The molecule has 1 heterocycles. The van der Waals surface area contributed by atoms with Gasteiger partial charge in [0.15, 0.2) is 0 Å². The number of fused-ring (bicyclic) bond motifs is 3. The minimum absolute atomic E-state index is 0.491. The molecule has 1 aliphatic carbocycles. The lowest BCUT2D eigenvalue weighted by Gasteiger charge is -1.98. The average Bonchev–Trinajstić information content (AvgIpc) is 2.66. The maximum atomic E-state index is 8.80. The molecule has 2 aromatic rings. The normalized spacial score (nSPS) is 11.7. The van der Waals surface area contributed by atoms with Crippen LogP contribution in [0.2, 0.25) is 0 Å². The van der Waals surface area contributed by atoms with Crippen LogP contribution in [0.3, 0.4) is 0 Å². The minimum Gasteiger partial charge on any atom is -0.237 e. The molecule has 70 valence electrons. The third kappa shape index (κ3) is 1.14. The fourth-order valence-electron chi connectivity index (χ4n) is 2.04. The van der Waals surface area contributed by atoms with Gasteiger partial charge in [0.05, 0.1) is 5.69 Å². The number of hydrogen-bond donors (Lipinski definition) is 0. The van der Waals surface area contributed by atoms with Crippen molar-refractivity contribution >= 4 is 0 Å². The Morgan fingerprint density at radius 2 is 1.93 bits per heavy atom. The lowest BCUT2D eigenvalue weighted by atomic mass is 10.1. The fourth-order valence-corrected chi connectivity index (χ4v) is 2.04. The second-order valence-corrected chi connectivity index (χ2v) is 3.65. The Balaban J connectivity index is 2.27. The third-order valence-corrected chi connectivity index (χ3v) is 2.75. The number of aromatic nitrogens is 1. The summed E-state index contributed by atoms with van der Waals surface area (Å²) < 4.78 is 0. The Kier molecular flexibility index (Phi) is 1.60. The van der Waals surface area contributed by atoms with Crippen molar-refractivity contribution in [3.8, 4) is 17.3 Å². The topological polar surface area (TPSA) is 36.7 Å². The zero-order valence-electron chi connectivity index (χ0n) is 8.07. The summed E-state index contributed by atoms with van der Waals surface area (Å²) in [6, 6.07) is 14.1. The smallest absolute Gasteiger partial charge is 0.141 e. The first-order valence-corrected chi connectivity index (χ1v) is 4.87. The van der Waals surface area contributed by atoms with Gasteiger partial charge in [0.25, 0.3) is 0 Å². The summed E-state index contributed by atoms with van der Waals surface area (Å²) in [5, 5.41) is 8.80. The van der Waals surface area contributed by atoms with Crippen LogP contribution >= 0.6 is 0 Å². The number of benzene rings is 1. The quantitative estimate of drug-likeness (QED) is 0.548. The second kappa shape index (κ2) is 2.93. The molecule has 0 fully saturated rings. The summed E-state index contributed by atoms with van der Waals surface area (Å²) in [6.07, 6.45) is 0.935. The molecule has 0 spiro atoms. The molecule has 0 bridgehead atoms. The van der Waals surface area contributed by atoms with E-state index in [1.807, 2.05) is 18.2 Å². The first kappa shape index (κ1) is 8.19. The molecule has 2 nitrogen and oxygen atoms in total. The molecule has 0 saturated heterocycles. The van der Waals surface area contributed by atoms with E-state index in [0.717, 1.165) is 12.1 Å². The van der Waals surface area contributed by atoms with Crippen molar-refractivity contribution in [2.24, 2.45) is 0 Å². The molecule has 1 aliphatic rings. The van der Waals surface area contributed by atoms with Crippen LogP contribution in [-0.4, -0.2) is 4.98 Å². The van der Waals surface area contributed by atoms with Gasteiger partial charge < -0.3 is 0 Å². The number of nitrogens with zero attached hydrogens (tertiary/aromatic N) is 2. The van der Waals surface area contributed by atoms with Gasteiger partial charge in [-0.1, -0.05) is 30.3 Å². The summed E-state index contributed by atoms with van der Waals surface area (Å²) in [6.45, 7) is 0. The van der Waals surface area contributed by atoms with Gasteiger partial charge in [-0.2, -0.15) is 5.26 Å². The summed E-state index contributed by atoms with van der Waals surface area (Å²) in [7, 11) is 0. The van der Waals surface area contributed by atoms with Crippen molar-refractivity contribution in [1.29, 1.82) is 5.26 Å². The molecule has 0 N–H and O–H groups in total. The Hall–Kier alpha value is -2.14. The highest BCUT2D eigenvalue weighted by molar-refractivity contribution is 5.73. The first-order valence-electron chi connectivity index (χ1n) is 4.87. The van der Waals surface area contributed by atoms with E-state index in [2.05, 4.69) is 23.2 Å². The third-order valence-electron chi connectivity index (χ3n) is 2.75. The van der Waals surface area contributed by atoms with E-state index in [-0.39, 0.29) is 0 Å². The molecule has 1 aromatic heterocycles. The van der Waals surface area contributed by atoms with Gasteiger partial charge in [-0.3, -0.25) is 0 Å².